The number of nitrogens with zero attached hydrogens (tertiary/aromatic N) is 2. The molecule has 1 heterocycles. The molecule has 0 radical (unpaired) electrons. The van der Waals surface area contributed by atoms with Gasteiger partial charge in [0.05, 0.1) is 0 Å². The van der Waals surface area contributed by atoms with Crippen LogP contribution < -0.4 is 10.6 Å². The van der Waals surface area contributed by atoms with E-state index in [1.54, 1.807) is 18.2 Å². The van der Waals surface area contributed by atoms with E-state index in [1.165, 1.54) is 70.6 Å². The van der Waals surface area contributed by atoms with E-state index in [4.69, 9.17) is 6.42 Å². The topological polar surface area (TPSA) is 64.7 Å². The summed E-state index contributed by atoms with van der Waals surface area (Å²) in [6.45, 7) is 12.8. The van der Waals surface area contributed by atoms with Gasteiger partial charge in [0, 0.05) is 57.1 Å². The Morgan fingerprint density at radius 2 is 1.27 bits per heavy atom. The summed E-state index contributed by atoms with van der Waals surface area (Å²) in [4.78, 5) is 30.1. The Morgan fingerprint density at radius 1 is 0.709 bits per heavy atom. The molecule has 0 aliphatic carbocycles. The SMILES string of the molecule is C#CC#CC#CC#CC(/C=C/C=C=C=C=C=C=C=C=C)C(=O)NCCCN1CCN(CCCNC(=O)CCCCCCC/C=C/CCCCCCCC)CC1.[HH].[HH].[HH].[HH].[HH].[HH].[HH].[HH]. The van der Waals surface area contributed by atoms with Crippen molar-refractivity contribution in [3.63, 3.8) is 0 Å². The fraction of sp³-hybridized carbons (Fsp3) is 0.531. The van der Waals surface area contributed by atoms with Gasteiger partial charge in [-0.25, -0.2) is 0 Å². The van der Waals surface area contributed by atoms with E-state index in [9.17, 15) is 9.59 Å². The molecule has 0 aromatic carbocycles. The molecule has 2 amide bonds. The van der Waals surface area contributed by atoms with E-state index < -0.39 is 5.92 Å². The highest BCUT2D eigenvalue weighted by Crippen LogP contribution is 2.10. The van der Waals surface area contributed by atoms with Crippen LogP contribution in [0, 0.1) is 53.8 Å². The number of hydrogen-bond acceptors (Lipinski definition) is 4. The Morgan fingerprint density at radius 3 is 1.93 bits per heavy atom. The molecular formula is C49H78N4O2. The van der Waals surface area contributed by atoms with Crippen LogP contribution in [0.5, 0.6) is 0 Å². The van der Waals surface area contributed by atoms with Crippen molar-refractivity contribution < 1.29 is 21.0 Å². The molecule has 0 spiro atoms. The second kappa shape index (κ2) is 37.1. The molecular weight excluding hydrogens is 677 g/mol. The molecule has 306 valence electrons. The standard InChI is InChI=1S/C49H62N4O2.8H2/c1-4-7-10-13-16-18-19-20-21-22-23-25-27-30-33-38-48(54)50-39-34-41-52-43-45-53(46-44-52)42-35-40-51-49(55)47(36-31-28-15-12-9-6-3)37-32-29-26-24-17-14-11-8-5-2;;;;;;;;/h3,20-21,29,32,37,47H,2,4,7,10,13,16,18-19,22-23,25,27,30,33-35,38-46H2,1H3,(H,50,54)(H,51,55);8*1H/b21-20+,37-32+;;;;;;;;. The number of nitrogens with one attached hydrogen (secondary N) is 2. The molecule has 1 aliphatic rings. The first-order valence-corrected chi connectivity index (χ1v) is 20.2. The number of allylic oxidation sites excluding steroid dienone is 4. The highest BCUT2D eigenvalue weighted by molar-refractivity contribution is 5.83. The molecule has 1 aliphatic heterocycles. The van der Waals surface area contributed by atoms with Gasteiger partial charge in [-0.15, -0.1) is 6.42 Å². The quantitative estimate of drug-likeness (QED) is 0.0304. The number of amides is 2. The van der Waals surface area contributed by atoms with Crippen LogP contribution in [0.1, 0.15) is 121 Å². The molecule has 1 rings (SSSR count). The normalized spacial score (nSPS) is 12.5. The van der Waals surface area contributed by atoms with Crippen molar-refractivity contribution in [2.24, 2.45) is 5.92 Å². The highest BCUT2D eigenvalue weighted by atomic mass is 16.2. The summed E-state index contributed by atoms with van der Waals surface area (Å²) in [7, 11) is 0. The van der Waals surface area contributed by atoms with Crippen molar-refractivity contribution >= 4 is 11.8 Å². The largest absolute Gasteiger partial charge is 0.356 e. The summed E-state index contributed by atoms with van der Waals surface area (Å²) in [5, 5.41) is 6.10. The zero-order valence-corrected chi connectivity index (χ0v) is 33.4. The van der Waals surface area contributed by atoms with Crippen molar-refractivity contribution in [2.45, 2.75) is 110 Å². The van der Waals surface area contributed by atoms with Crippen LogP contribution in [-0.2, 0) is 9.59 Å². The van der Waals surface area contributed by atoms with Crippen LogP contribution in [0.15, 0.2) is 77.1 Å². The maximum Gasteiger partial charge on any atom is 0.239 e. The third kappa shape index (κ3) is 30.9. The van der Waals surface area contributed by atoms with Gasteiger partial charge >= 0.3 is 0 Å². The number of rotatable bonds is 26. The third-order valence-electron chi connectivity index (χ3n) is 8.78. The second-order valence-corrected chi connectivity index (χ2v) is 13.3. The van der Waals surface area contributed by atoms with Gasteiger partial charge in [-0.1, -0.05) is 100.0 Å². The van der Waals surface area contributed by atoms with E-state index in [0.717, 1.165) is 71.5 Å². The summed E-state index contributed by atoms with van der Waals surface area (Å²) >= 11 is 0. The third-order valence-corrected chi connectivity index (χ3v) is 8.78. The van der Waals surface area contributed by atoms with Gasteiger partial charge in [-0.3, -0.25) is 9.59 Å². The van der Waals surface area contributed by atoms with Crippen molar-refractivity contribution in [2.75, 3.05) is 52.4 Å². The van der Waals surface area contributed by atoms with Crippen LogP contribution in [0.3, 0.4) is 0 Å². The zero-order valence-electron chi connectivity index (χ0n) is 33.4. The highest BCUT2D eigenvalue weighted by Gasteiger charge is 2.17. The Labute approximate surface area is 345 Å². The Kier molecular flexibility index (Phi) is 32.3. The lowest BCUT2D eigenvalue weighted by Gasteiger charge is -2.34. The van der Waals surface area contributed by atoms with E-state index in [1.807, 2.05) is 0 Å². The van der Waals surface area contributed by atoms with Crippen LogP contribution in [0.25, 0.3) is 0 Å². The number of piperazine rings is 1. The molecule has 0 saturated carbocycles. The van der Waals surface area contributed by atoms with Crippen molar-refractivity contribution in [3.05, 3.63) is 77.1 Å². The van der Waals surface area contributed by atoms with Gasteiger partial charge in [-0.05, 0) is 135 Å². The molecule has 2 N–H and O–H groups in total. The average Bonchev–Trinajstić information content (AvgIpc) is 3.19. The van der Waals surface area contributed by atoms with E-state index in [2.05, 4.69) is 128 Å². The Bertz CT molecular complexity index is 1730. The first-order chi connectivity index (χ1) is 27.1. The predicted octanol–water partition coefficient (Wildman–Crippen LogP) is 9.71. The lowest BCUT2D eigenvalue weighted by Crippen LogP contribution is -2.47. The number of unbranched alkanes of at least 4 members (excludes halogenated alkanes) is 11. The van der Waals surface area contributed by atoms with Crippen molar-refractivity contribution in [1.29, 1.82) is 0 Å². The van der Waals surface area contributed by atoms with Gasteiger partial charge in [-0.2, -0.15) is 0 Å². The Hall–Kier alpha value is -5.22. The second-order valence-electron chi connectivity index (χ2n) is 13.3. The lowest BCUT2D eigenvalue weighted by atomic mass is 10.1. The number of carbonyl (C=O) groups is 2. The monoisotopic (exact) mass is 755 g/mol. The van der Waals surface area contributed by atoms with Gasteiger partial charge in [0.1, 0.15) is 5.92 Å². The molecule has 6 heteroatoms. The number of terminal acetylenes is 1. The van der Waals surface area contributed by atoms with Gasteiger partial charge in [0.25, 0.3) is 0 Å². The minimum absolute atomic E-state index is 0. The number of carbonyl (C=O) groups excluding carboxylic acids is 2. The molecule has 1 unspecified atom stereocenters. The zero-order chi connectivity index (χ0) is 39.7. The summed E-state index contributed by atoms with van der Waals surface area (Å²) < 4.78 is 0. The number of hydrogen-bond donors (Lipinski definition) is 2. The van der Waals surface area contributed by atoms with Crippen LogP contribution in [-0.4, -0.2) is 74.0 Å². The smallest absolute Gasteiger partial charge is 0.239 e. The minimum Gasteiger partial charge on any atom is -0.356 e. The molecule has 1 fully saturated rings. The molecule has 0 aromatic heterocycles. The van der Waals surface area contributed by atoms with Crippen molar-refractivity contribution in [1.82, 2.24) is 20.4 Å². The molecule has 55 heavy (non-hydrogen) atoms. The maximum absolute atomic E-state index is 12.9. The Balaban J connectivity index is -0.000000630. The summed E-state index contributed by atoms with van der Waals surface area (Å²) in [6, 6.07) is 0. The van der Waals surface area contributed by atoms with Crippen LogP contribution in [0.2, 0.25) is 0 Å². The fourth-order valence-electron chi connectivity index (χ4n) is 5.71. The lowest BCUT2D eigenvalue weighted by molar-refractivity contribution is -0.122. The van der Waals surface area contributed by atoms with Crippen LogP contribution in [0.4, 0.5) is 0 Å². The summed E-state index contributed by atoms with van der Waals surface area (Å²) in [6.07, 6.45) is 33.6. The molecule has 0 bridgehead atoms. The van der Waals surface area contributed by atoms with Crippen molar-refractivity contribution in [3.8, 4) is 47.9 Å². The maximum atomic E-state index is 12.9. The fourth-order valence-corrected chi connectivity index (χ4v) is 5.71. The van der Waals surface area contributed by atoms with E-state index in [0.29, 0.717) is 13.0 Å². The first kappa shape index (κ1) is 47.8. The molecule has 1 saturated heterocycles. The predicted molar refractivity (Wildman–Crippen MR) is 244 cm³/mol. The van der Waals surface area contributed by atoms with E-state index in [-0.39, 0.29) is 23.2 Å². The molecule has 1 atom stereocenters. The molecule has 6 nitrogen and oxygen atoms in total. The average molecular weight is 755 g/mol. The van der Waals surface area contributed by atoms with E-state index >= 15 is 0 Å². The summed E-state index contributed by atoms with van der Waals surface area (Å²) in [5.41, 5.74) is 18.0. The minimum atomic E-state index is -0.701. The summed E-state index contributed by atoms with van der Waals surface area (Å²) in [5.74, 6) is 17.0. The first-order valence-electron chi connectivity index (χ1n) is 20.2. The van der Waals surface area contributed by atoms with Crippen LogP contribution >= 0.6 is 0 Å². The van der Waals surface area contributed by atoms with Gasteiger partial charge in [0.15, 0.2) is 0 Å². The van der Waals surface area contributed by atoms with Gasteiger partial charge < -0.3 is 20.4 Å². The molecule has 0 aromatic rings. The van der Waals surface area contributed by atoms with Gasteiger partial charge in [0.2, 0.25) is 11.8 Å².